The number of piperidine rings is 1. The van der Waals surface area contributed by atoms with Gasteiger partial charge >= 0.3 is 5.97 Å². The number of rotatable bonds is 6. The first-order valence-electron chi connectivity index (χ1n) is 12.3. The third-order valence-electron chi connectivity index (χ3n) is 6.90. The summed E-state index contributed by atoms with van der Waals surface area (Å²) >= 11 is 0. The molecule has 1 saturated heterocycles. The largest absolute Gasteiger partial charge is 0.466 e. The average Bonchev–Trinajstić information content (AvgIpc) is 3.52. The lowest BCUT2D eigenvalue weighted by Gasteiger charge is -2.32. The van der Waals surface area contributed by atoms with E-state index in [0.717, 1.165) is 16.8 Å². The standard InChI is InChI=1S/C27H31N3O5/c1-3-33-27(32)20-10-12-29(13-11-20)16-26(31)30-23(21-8-9-24-25(14-21)35-17-34-24)15-22(28-30)19-6-4-18(2)5-7-19/h4-9,14,20,23H,3,10-13,15-17H2,1-2H3/t23-/m1/s1. The lowest BCUT2D eigenvalue weighted by molar-refractivity contribution is -0.149. The Hall–Kier alpha value is -3.39. The second kappa shape index (κ2) is 10.1. The van der Waals surface area contributed by atoms with E-state index in [-0.39, 0.29) is 37.2 Å². The van der Waals surface area contributed by atoms with Crippen molar-refractivity contribution in [3.63, 3.8) is 0 Å². The minimum absolute atomic E-state index is 0.0515. The van der Waals surface area contributed by atoms with E-state index in [4.69, 9.17) is 19.3 Å². The first-order chi connectivity index (χ1) is 17.0. The van der Waals surface area contributed by atoms with Crippen LogP contribution in [-0.2, 0) is 14.3 Å². The van der Waals surface area contributed by atoms with Gasteiger partial charge in [-0.05, 0) is 63.0 Å². The van der Waals surface area contributed by atoms with Crippen LogP contribution in [0.3, 0.4) is 0 Å². The minimum Gasteiger partial charge on any atom is -0.466 e. The topological polar surface area (TPSA) is 80.7 Å². The molecule has 1 fully saturated rings. The molecule has 3 heterocycles. The average molecular weight is 478 g/mol. The number of ether oxygens (including phenoxy) is 3. The predicted octanol–water partition coefficient (Wildman–Crippen LogP) is 3.68. The van der Waals surface area contributed by atoms with Crippen LogP contribution in [0.15, 0.2) is 47.6 Å². The van der Waals surface area contributed by atoms with Gasteiger partial charge in [0.15, 0.2) is 11.5 Å². The summed E-state index contributed by atoms with van der Waals surface area (Å²) in [5.74, 6) is 1.15. The zero-order valence-electron chi connectivity index (χ0n) is 20.2. The van der Waals surface area contributed by atoms with Crippen LogP contribution in [0.4, 0.5) is 0 Å². The summed E-state index contributed by atoms with van der Waals surface area (Å²) in [6.07, 6.45) is 2.03. The summed E-state index contributed by atoms with van der Waals surface area (Å²) in [4.78, 5) is 27.7. The van der Waals surface area contributed by atoms with Gasteiger partial charge in [-0.2, -0.15) is 5.10 Å². The summed E-state index contributed by atoms with van der Waals surface area (Å²) in [5.41, 5.74) is 4.06. The Bertz CT molecular complexity index is 1120. The fourth-order valence-corrected chi connectivity index (χ4v) is 4.89. The van der Waals surface area contributed by atoms with E-state index in [1.54, 1.807) is 5.01 Å². The van der Waals surface area contributed by atoms with Crippen LogP contribution in [0.2, 0.25) is 0 Å². The molecule has 2 aromatic carbocycles. The van der Waals surface area contributed by atoms with Gasteiger partial charge in [0.25, 0.3) is 5.91 Å². The van der Waals surface area contributed by atoms with Crippen LogP contribution >= 0.6 is 0 Å². The van der Waals surface area contributed by atoms with Gasteiger partial charge in [0.05, 0.1) is 30.8 Å². The smallest absolute Gasteiger partial charge is 0.309 e. The van der Waals surface area contributed by atoms with Gasteiger partial charge in [-0.3, -0.25) is 14.5 Å². The van der Waals surface area contributed by atoms with E-state index in [1.165, 1.54) is 5.56 Å². The normalized spacial score (nSPS) is 20.1. The maximum Gasteiger partial charge on any atom is 0.309 e. The third kappa shape index (κ3) is 5.03. The van der Waals surface area contributed by atoms with Crippen LogP contribution in [0.25, 0.3) is 0 Å². The summed E-state index contributed by atoms with van der Waals surface area (Å²) in [5, 5.41) is 6.43. The molecule has 0 N–H and O–H groups in total. The fourth-order valence-electron chi connectivity index (χ4n) is 4.89. The molecule has 5 rings (SSSR count). The molecule has 3 aliphatic rings. The maximum atomic E-state index is 13.5. The molecule has 0 aliphatic carbocycles. The Morgan fingerprint density at radius 3 is 2.54 bits per heavy atom. The summed E-state index contributed by atoms with van der Waals surface area (Å²) in [6.45, 7) is 6.12. The Labute approximate surface area is 205 Å². The molecule has 2 aromatic rings. The van der Waals surface area contributed by atoms with Gasteiger partial charge < -0.3 is 14.2 Å². The molecule has 0 aromatic heterocycles. The van der Waals surface area contributed by atoms with Crippen LogP contribution < -0.4 is 9.47 Å². The van der Waals surface area contributed by atoms with Crippen molar-refractivity contribution in [3.05, 3.63) is 59.2 Å². The van der Waals surface area contributed by atoms with E-state index in [0.29, 0.717) is 50.5 Å². The van der Waals surface area contributed by atoms with Gasteiger partial charge in [0, 0.05) is 6.42 Å². The second-order valence-electron chi connectivity index (χ2n) is 9.29. The number of carbonyl (C=O) groups excluding carboxylic acids is 2. The number of hydrazone groups is 1. The van der Waals surface area contributed by atoms with Crippen molar-refractivity contribution in [2.75, 3.05) is 33.0 Å². The van der Waals surface area contributed by atoms with E-state index in [2.05, 4.69) is 36.1 Å². The number of hydrogen-bond acceptors (Lipinski definition) is 7. The Morgan fingerprint density at radius 1 is 1.06 bits per heavy atom. The van der Waals surface area contributed by atoms with Crippen molar-refractivity contribution < 1.29 is 23.8 Å². The van der Waals surface area contributed by atoms with Crippen molar-refractivity contribution in [3.8, 4) is 11.5 Å². The lowest BCUT2D eigenvalue weighted by atomic mass is 9.96. The highest BCUT2D eigenvalue weighted by Crippen LogP contribution is 2.39. The molecule has 0 bridgehead atoms. The molecular formula is C27H31N3O5. The van der Waals surface area contributed by atoms with E-state index in [9.17, 15) is 9.59 Å². The number of esters is 1. The molecule has 0 radical (unpaired) electrons. The molecule has 0 unspecified atom stereocenters. The number of carbonyl (C=O) groups is 2. The summed E-state index contributed by atoms with van der Waals surface area (Å²) < 4.78 is 16.2. The lowest BCUT2D eigenvalue weighted by Crippen LogP contribution is -2.43. The first kappa shape index (κ1) is 23.4. The van der Waals surface area contributed by atoms with Gasteiger partial charge in [-0.15, -0.1) is 0 Å². The quantitative estimate of drug-likeness (QED) is 0.591. The van der Waals surface area contributed by atoms with Crippen LogP contribution in [0.5, 0.6) is 11.5 Å². The number of aryl methyl sites for hydroxylation is 1. The highest BCUT2D eigenvalue weighted by molar-refractivity contribution is 6.03. The Morgan fingerprint density at radius 2 is 1.80 bits per heavy atom. The fraction of sp³-hybridized carbons (Fsp3) is 0.444. The molecule has 1 amide bonds. The number of fused-ring (bicyclic) bond motifs is 1. The second-order valence-corrected chi connectivity index (χ2v) is 9.29. The number of hydrogen-bond donors (Lipinski definition) is 0. The highest BCUT2D eigenvalue weighted by atomic mass is 16.7. The maximum absolute atomic E-state index is 13.5. The Balaban J connectivity index is 1.33. The van der Waals surface area contributed by atoms with E-state index in [1.807, 2.05) is 25.1 Å². The first-order valence-corrected chi connectivity index (χ1v) is 12.3. The highest BCUT2D eigenvalue weighted by Gasteiger charge is 2.35. The number of benzene rings is 2. The molecule has 3 aliphatic heterocycles. The summed E-state index contributed by atoms with van der Waals surface area (Å²) in [7, 11) is 0. The molecule has 0 spiro atoms. The zero-order chi connectivity index (χ0) is 24.4. The van der Waals surface area contributed by atoms with Crippen molar-refractivity contribution in [1.82, 2.24) is 9.91 Å². The van der Waals surface area contributed by atoms with Gasteiger partial charge in [-0.25, -0.2) is 5.01 Å². The van der Waals surface area contributed by atoms with Gasteiger partial charge in [0.1, 0.15) is 0 Å². The van der Waals surface area contributed by atoms with Crippen molar-refractivity contribution >= 4 is 17.6 Å². The predicted molar refractivity (Wildman–Crippen MR) is 130 cm³/mol. The van der Waals surface area contributed by atoms with Crippen LogP contribution in [-0.4, -0.2) is 60.5 Å². The van der Waals surface area contributed by atoms with Gasteiger partial charge in [0.2, 0.25) is 6.79 Å². The molecule has 184 valence electrons. The molecule has 8 heteroatoms. The van der Waals surface area contributed by atoms with Gasteiger partial charge in [-0.1, -0.05) is 35.9 Å². The number of likely N-dealkylation sites (tertiary alicyclic amines) is 1. The molecule has 35 heavy (non-hydrogen) atoms. The van der Waals surface area contributed by atoms with E-state index < -0.39 is 0 Å². The molecule has 0 saturated carbocycles. The summed E-state index contributed by atoms with van der Waals surface area (Å²) in [6, 6.07) is 13.8. The van der Waals surface area contributed by atoms with Crippen LogP contribution in [0.1, 0.15) is 48.9 Å². The van der Waals surface area contributed by atoms with Crippen molar-refractivity contribution in [2.24, 2.45) is 11.0 Å². The molecular weight excluding hydrogens is 446 g/mol. The van der Waals surface area contributed by atoms with E-state index >= 15 is 0 Å². The molecule has 1 atom stereocenters. The van der Waals surface area contributed by atoms with Crippen LogP contribution in [0, 0.1) is 12.8 Å². The number of amides is 1. The monoisotopic (exact) mass is 477 g/mol. The number of nitrogens with zero attached hydrogens (tertiary/aromatic N) is 3. The SMILES string of the molecule is CCOC(=O)C1CCN(CC(=O)N2N=C(c3ccc(C)cc3)C[C@@H]2c2ccc3c(c2)OCO3)CC1. The molecule has 8 nitrogen and oxygen atoms in total. The van der Waals surface area contributed by atoms with Crippen molar-refractivity contribution in [2.45, 2.75) is 39.2 Å². The van der Waals surface area contributed by atoms with Crippen molar-refractivity contribution in [1.29, 1.82) is 0 Å². The third-order valence-corrected chi connectivity index (χ3v) is 6.90. The minimum atomic E-state index is -0.217. The Kier molecular flexibility index (Phi) is 6.72. The zero-order valence-corrected chi connectivity index (χ0v) is 20.2.